The molecule has 0 aromatic heterocycles. The third-order valence-corrected chi connectivity index (χ3v) is 5.48. The first-order valence-electron chi connectivity index (χ1n) is 9.77. The molecule has 2 heterocycles. The van der Waals surface area contributed by atoms with Crippen molar-refractivity contribution in [1.82, 2.24) is 10.2 Å². The largest absolute Gasteiger partial charge is 0.337 e. The van der Waals surface area contributed by atoms with Gasteiger partial charge in [0.05, 0.1) is 12.5 Å². The highest BCUT2D eigenvalue weighted by Gasteiger charge is 2.29. The van der Waals surface area contributed by atoms with Gasteiger partial charge in [0, 0.05) is 18.8 Å². The van der Waals surface area contributed by atoms with Gasteiger partial charge in [-0.15, -0.1) is 0 Å². The molecule has 0 aliphatic carbocycles. The number of nitrogens with zero attached hydrogens (tertiary/aromatic N) is 1. The van der Waals surface area contributed by atoms with Crippen LogP contribution in [0.5, 0.6) is 0 Å². The zero-order valence-electron chi connectivity index (χ0n) is 15.7. The van der Waals surface area contributed by atoms with Crippen molar-refractivity contribution in [3.05, 3.63) is 65.0 Å². The number of rotatable bonds is 4. The molecule has 6 heteroatoms. The van der Waals surface area contributed by atoms with E-state index in [1.54, 1.807) is 18.2 Å². The van der Waals surface area contributed by atoms with Gasteiger partial charge in [0.2, 0.25) is 11.8 Å². The first-order valence-corrected chi connectivity index (χ1v) is 9.77. The van der Waals surface area contributed by atoms with Crippen LogP contribution in [0.25, 0.3) is 0 Å². The molecule has 146 valence electrons. The van der Waals surface area contributed by atoms with Gasteiger partial charge >= 0.3 is 0 Å². The van der Waals surface area contributed by atoms with Gasteiger partial charge in [0.15, 0.2) is 0 Å². The maximum atomic E-state index is 13.7. The van der Waals surface area contributed by atoms with E-state index < -0.39 is 0 Å². The normalized spacial score (nSPS) is 18.6. The van der Waals surface area contributed by atoms with Crippen LogP contribution in [0, 0.1) is 5.82 Å². The number of benzene rings is 2. The molecular weight excluding hydrogens is 357 g/mol. The summed E-state index contributed by atoms with van der Waals surface area (Å²) in [6.45, 7) is 2.19. The van der Waals surface area contributed by atoms with Crippen molar-refractivity contribution in [2.75, 3.05) is 18.4 Å². The smallest absolute Gasteiger partial charge is 0.240 e. The minimum atomic E-state index is -0.377. The minimum Gasteiger partial charge on any atom is -0.337 e. The van der Waals surface area contributed by atoms with Crippen LogP contribution in [0.2, 0.25) is 0 Å². The molecule has 2 N–H and O–H groups in total. The highest BCUT2D eigenvalue weighted by atomic mass is 19.1. The Hall–Kier alpha value is -2.73. The van der Waals surface area contributed by atoms with Gasteiger partial charge in [0.1, 0.15) is 5.82 Å². The Bertz CT molecular complexity index is 893. The third kappa shape index (κ3) is 4.07. The lowest BCUT2D eigenvalue weighted by molar-refractivity contribution is -0.134. The van der Waals surface area contributed by atoms with Crippen LogP contribution in [0.3, 0.4) is 0 Å². The maximum absolute atomic E-state index is 13.7. The quantitative estimate of drug-likeness (QED) is 0.856. The first-order chi connectivity index (χ1) is 13.6. The van der Waals surface area contributed by atoms with Crippen molar-refractivity contribution in [3.8, 4) is 0 Å². The molecule has 1 saturated heterocycles. The summed E-state index contributed by atoms with van der Waals surface area (Å²) >= 11 is 0. The lowest BCUT2D eigenvalue weighted by atomic mass is 9.98. The van der Waals surface area contributed by atoms with Gasteiger partial charge in [0.25, 0.3) is 0 Å². The van der Waals surface area contributed by atoms with Gasteiger partial charge in [-0.2, -0.15) is 0 Å². The number of hydrogen-bond acceptors (Lipinski definition) is 3. The molecule has 4 rings (SSSR count). The topological polar surface area (TPSA) is 61.4 Å². The fourth-order valence-corrected chi connectivity index (χ4v) is 3.96. The van der Waals surface area contributed by atoms with Crippen molar-refractivity contribution in [2.45, 2.75) is 38.3 Å². The van der Waals surface area contributed by atoms with E-state index in [0.717, 1.165) is 37.9 Å². The standard InChI is InChI=1S/C22H24FN3O2/c23-19-5-2-1-4-16(19)13-21(27)25-18-8-7-15-9-11-26(14-17(15)12-18)22(28)20-6-3-10-24-20/h1-2,4-5,7-8,12,20,24H,3,6,9-11,13-14H2,(H,25,27)/t20-/m1/s1. The maximum Gasteiger partial charge on any atom is 0.240 e. The van der Waals surface area contributed by atoms with Crippen LogP contribution < -0.4 is 10.6 Å². The number of anilines is 1. The van der Waals surface area contributed by atoms with Crippen LogP contribution in [0.1, 0.15) is 29.5 Å². The Morgan fingerprint density at radius 1 is 1.18 bits per heavy atom. The van der Waals surface area contributed by atoms with Crippen LogP contribution in [-0.4, -0.2) is 35.8 Å². The number of fused-ring (bicyclic) bond motifs is 1. The molecule has 0 unspecified atom stereocenters. The summed E-state index contributed by atoms with van der Waals surface area (Å²) < 4.78 is 13.7. The molecule has 0 saturated carbocycles. The van der Waals surface area contributed by atoms with Gasteiger partial charge in [-0.25, -0.2) is 4.39 Å². The van der Waals surface area contributed by atoms with Crippen LogP contribution in [0.15, 0.2) is 42.5 Å². The predicted molar refractivity (Wildman–Crippen MR) is 105 cm³/mol. The SMILES string of the molecule is O=C(Cc1ccccc1F)Nc1ccc2c(c1)CN(C(=O)[C@H]1CCCN1)CC2. The fraction of sp³-hybridized carbons (Fsp3) is 0.364. The van der Waals surface area contributed by atoms with Crippen LogP contribution in [0.4, 0.5) is 10.1 Å². The molecule has 1 fully saturated rings. The Morgan fingerprint density at radius 2 is 2.04 bits per heavy atom. The van der Waals surface area contributed by atoms with Crippen molar-refractivity contribution < 1.29 is 14.0 Å². The minimum absolute atomic E-state index is 0.0122. The van der Waals surface area contributed by atoms with E-state index in [1.807, 2.05) is 23.1 Å². The molecule has 28 heavy (non-hydrogen) atoms. The predicted octanol–water partition coefficient (Wildman–Crippen LogP) is 2.64. The molecule has 2 aliphatic heterocycles. The first kappa shape index (κ1) is 18.6. The summed E-state index contributed by atoms with van der Waals surface area (Å²) in [7, 11) is 0. The Morgan fingerprint density at radius 3 is 2.82 bits per heavy atom. The number of nitrogens with one attached hydrogen (secondary N) is 2. The van der Waals surface area contributed by atoms with E-state index in [0.29, 0.717) is 17.8 Å². The summed E-state index contributed by atoms with van der Waals surface area (Å²) in [6, 6.07) is 12.0. The van der Waals surface area contributed by atoms with Gasteiger partial charge in [-0.3, -0.25) is 9.59 Å². The van der Waals surface area contributed by atoms with E-state index in [1.165, 1.54) is 11.6 Å². The molecule has 2 aliphatic rings. The number of hydrogen-bond donors (Lipinski definition) is 2. The number of halogens is 1. The molecule has 2 aromatic rings. The summed E-state index contributed by atoms with van der Waals surface area (Å²) in [5, 5.41) is 6.11. The van der Waals surface area contributed by atoms with Gasteiger partial charge in [-0.05, 0) is 60.7 Å². The van der Waals surface area contributed by atoms with E-state index >= 15 is 0 Å². The van der Waals surface area contributed by atoms with Crippen molar-refractivity contribution >= 4 is 17.5 Å². The van der Waals surface area contributed by atoms with E-state index in [2.05, 4.69) is 10.6 Å². The Kier molecular flexibility index (Phi) is 5.39. The lowest BCUT2D eigenvalue weighted by Gasteiger charge is -2.31. The highest BCUT2D eigenvalue weighted by molar-refractivity contribution is 5.92. The third-order valence-electron chi connectivity index (χ3n) is 5.48. The van der Waals surface area contributed by atoms with E-state index in [-0.39, 0.29) is 30.1 Å². The average Bonchev–Trinajstić information content (AvgIpc) is 3.23. The lowest BCUT2D eigenvalue weighted by Crippen LogP contribution is -2.45. The van der Waals surface area contributed by atoms with E-state index in [4.69, 9.17) is 0 Å². The molecule has 0 radical (unpaired) electrons. The summed E-state index contributed by atoms with van der Waals surface area (Å²) in [5.41, 5.74) is 3.31. The molecule has 0 spiro atoms. The molecular formula is C22H24FN3O2. The Labute approximate surface area is 163 Å². The van der Waals surface area contributed by atoms with Crippen molar-refractivity contribution in [2.24, 2.45) is 0 Å². The monoisotopic (exact) mass is 381 g/mol. The van der Waals surface area contributed by atoms with Crippen molar-refractivity contribution in [3.63, 3.8) is 0 Å². The summed E-state index contributed by atoms with van der Waals surface area (Å²) in [5.74, 6) is -0.473. The molecule has 2 aromatic carbocycles. The second kappa shape index (κ2) is 8.10. The fourth-order valence-electron chi connectivity index (χ4n) is 3.96. The highest BCUT2D eigenvalue weighted by Crippen LogP contribution is 2.24. The second-order valence-electron chi connectivity index (χ2n) is 7.46. The van der Waals surface area contributed by atoms with Crippen LogP contribution >= 0.6 is 0 Å². The zero-order chi connectivity index (χ0) is 19.5. The van der Waals surface area contributed by atoms with Crippen LogP contribution in [-0.2, 0) is 29.0 Å². The van der Waals surface area contributed by atoms with Gasteiger partial charge < -0.3 is 15.5 Å². The molecule has 0 bridgehead atoms. The van der Waals surface area contributed by atoms with Crippen molar-refractivity contribution in [1.29, 1.82) is 0 Å². The molecule has 2 amide bonds. The number of amides is 2. The summed E-state index contributed by atoms with van der Waals surface area (Å²) in [4.78, 5) is 26.9. The Balaban J connectivity index is 1.42. The molecule has 5 nitrogen and oxygen atoms in total. The van der Waals surface area contributed by atoms with E-state index in [9.17, 15) is 14.0 Å². The average molecular weight is 381 g/mol. The summed E-state index contributed by atoms with van der Waals surface area (Å²) in [6.07, 6.45) is 2.74. The second-order valence-corrected chi connectivity index (χ2v) is 7.46. The molecule has 1 atom stereocenters. The van der Waals surface area contributed by atoms with Gasteiger partial charge in [-0.1, -0.05) is 24.3 Å². The zero-order valence-corrected chi connectivity index (χ0v) is 15.7. The number of carbonyl (C=O) groups is 2. The number of carbonyl (C=O) groups excluding carboxylic acids is 2.